The Labute approximate surface area is 148 Å². The third kappa shape index (κ3) is 4.09. The molecule has 0 saturated heterocycles. The van der Waals surface area contributed by atoms with Gasteiger partial charge in [0.25, 0.3) is 5.91 Å². The number of hydrogen-bond donors (Lipinski definition) is 1. The Morgan fingerprint density at radius 3 is 2.71 bits per heavy atom. The minimum atomic E-state index is -0.547. The molecule has 2 aromatic carbocycles. The molecule has 1 aliphatic carbocycles. The molecule has 0 bridgehead atoms. The van der Waals surface area contributed by atoms with Crippen molar-refractivity contribution in [2.45, 2.75) is 45.3 Å². The second kappa shape index (κ2) is 7.71. The van der Waals surface area contributed by atoms with E-state index in [1.807, 2.05) is 30.3 Å². The van der Waals surface area contributed by atoms with Gasteiger partial charge in [-0.25, -0.2) is 0 Å². The molecule has 0 fully saturated rings. The first-order chi connectivity index (χ1) is 11.6. The normalized spacial score (nSPS) is 14.6. The third-order valence-electron chi connectivity index (χ3n) is 4.41. The number of fused-ring (bicyclic) bond motifs is 1. The van der Waals surface area contributed by atoms with Crippen molar-refractivity contribution in [2.75, 3.05) is 0 Å². The fraction of sp³-hybridized carbons (Fsp3) is 0.350. The Hall–Kier alpha value is -2.00. The molecule has 1 amide bonds. The van der Waals surface area contributed by atoms with Gasteiger partial charge in [-0.2, -0.15) is 0 Å². The molecular formula is C20H22ClNO2. The second-order valence-electron chi connectivity index (χ2n) is 6.21. The van der Waals surface area contributed by atoms with Crippen LogP contribution in [0.4, 0.5) is 0 Å². The van der Waals surface area contributed by atoms with Crippen molar-refractivity contribution in [3.05, 3.63) is 64.2 Å². The van der Waals surface area contributed by atoms with Crippen LogP contribution >= 0.6 is 11.6 Å². The van der Waals surface area contributed by atoms with Crippen molar-refractivity contribution < 1.29 is 9.53 Å². The molecule has 3 rings (SSSR count). The first-order valence-corrected chi connectivity index (χ1v) is 8.81. The lowest BCUT2D eigenvalue weighted by Crippen LogP contribution is -2.36. The topological polar surface area (TPSA) is 38.3 Å². The maximum absolute atomic E-state index is 12.2. The van der Waals surface area contributed by atoms with Crippen LogP contribution in [0, 0.1) is 0 Å². The van der Waals surface area contributed by atoms with E-state index in [4.69, 9.17) is 16.3 Å². The zero-order valence-electron chi connectivity index (χ0n) is 13.8. The third-order valence-corrected chi connectivity index (χ3v) is 4.78. The standard InChI is InChI=1S/C20H22ClNO2/c1-14(20(23)22-13-17-8-4-5-9-19(17)21)24-18-11-10-15-6-2-3-7-16(15)12-18/h4-5,8-12,14H,2-3,6-7,13H2,1H3,(H,22,23)/t14-/m0/s1. The number of amides is 1. The van der Waals surface area contributed by atoms with E-state index >= 15 is 0 Å². The largest absolute Gasteiger partial charge is 0.481 e. The summed E-state index contributed by atoms with van der Waals surface area (Å²) in [4.78, 5) is 12.2. The highest BCUT2D eigenvalue weighted by Gasteiger charge is 2.16. The minimum absolute atomic E-state index is 0.146. The highest BCUT2D eigenvalue weighted by atomic mass is 35.5. The van der Waals surface area contributed by atoms with Crippen LogP contribution < -0.4 is 10.1 Å². The molecule has 1 N–H and O–H groups in total. The number of benzene rings is 2. The van der Waals surface area contributed by atoms with Crippen LogP contribution in [0.25, 0.3) is 0 Å². The van der Waals surface area contributed by atoms with E-state index in [1.165, 1.54) is 24.0 Å². The maximum Gasteiger partial charge on any atom is 0.261 e. The summed E-state index contributed by atoms with van der Waals surface area (Å²) in [5, 5.41) is 3.53. The van der Waals surface area contributed by atoms with Crippen LogP contribution in [0.5, 0.6) is 5.75 Å². The molecule has 0 aliphatic heterocycles. The van der Waals surface area contributed by atoms with Gasteiger partial charge in [-0.15, -0.1) is 0 Å². The highest BCUT2D eigenvalue weighted by molar-refractivity contribution is 6.31. The van der Waals surface area contributed by atoms with E-state index in [9.17, 15) is 4.79 Å². The number of nitrogens with one attached hydrogen (secondary N) is 1. The smallest absolute Gasteiger partial charge is 0.261 e. The molecular weight excluding hydrogens is 322 g/mol. The Balaban J connectivity index is 1.57. The molecule has 0 unspecified atom stereocenters. The lowest BCUT2D eigenvalue weighted by Gasteiger charge is -2.19. The van der Waals surface area contributed by atoms with Crippen molar-refractivity contribution in [3.8, 4) is 5.75 Å². The Morgan fingerprint density at radius 2 is 1.92 bits per heavy atom. The molecule has 126 valence electrons. The summed E-state index contributed by atoms with van der Waals surface area (Å²) in [6.45, 7) is 2.16. The molecule has 0 radical (unpaired) electrons. The molecule has 2 aromatic rings. The van der Waals surface area contributed by atoms with Gasteiger partial charge in [-0.05, 0) is 67.5 Å². The van der Waals surface area contributed by atoms with Gasteiger partial charge < -0.3 is 10.1 Å². The van der Waals surface area contributed by atoms with E-state index in [0.717, 1.165) is 24.2 Å². The molecule has 24 heavy (non-hydrogen) atoms. The summed E-state index contributed by atoms with van der Waals surface area (Å²) in [6, 6.07) is 13.6. The van der Waals surface area contributed by atoms with Crippen LogP contribution in [-0.4, -0.2) is 12.0 Å². The molecule has 1 atom stereocenters. The van der Waals surface area contributed by atoms with E-state index in [2.05, 4.69) is 17.4 Å². The second-order valence-corrected chi connectivity index (χ2v) is 6.61. The fourth-order valence-corrected chi connectivity index (χ4v) is 3.21. The number of hydrogen-bond acceptors (Lipinski definition) is 2. The summed E-state index contributed by atoms with van der Waals surface area (Å²) in [5.74, 6) is 0.615. The van der Waals surface area contributed by atoms with Gasteiger partial charge in [0.1, 0.15) is 5.75 Å². The summed E-state index contributed by atoms with van der Waals surface area (Å²) in [6.07, 6.45) is 4.18. The van der Waals surface area contributed by atoms with E-state index in [1.54, 1.807) is 6.92 Å². The van der Waals surface area contributed by atoms with Gasteiger partial charge in [-0.3, -0.25) is 4.79 Å². The van der Waals surface area contributed by atoms with Gasteiger partial charge in [0.05, 0.1) is 0 Å². The monoisotopic (exact) mass is 343 g/mol. The van der Waals surface area contributed by atoms with Crippen molar-refractivity contribution in [2.24, 2.45) is 0 Å². The number of aryl methyl sites for hydroxylation is 2. The number of carbonyl (C=O) groups is 1. The Morgan fingerprint density at radius 1 is 1.17 bits per heavy atom. The summed E-state index contributed by atoms with van der Waals surface area (Å²) >= 11 is 6.10. The molecule has 0 aromatic heterocycles. The van der Waals surface area contributed by atoms with Gasteiger partial charge in [0, 0.05) is 11.6 Å². The first-order valence-electron chi connectivity index (χ1n) is 8.43. The van der Waals surface area contributed by atoms with E-state index in [0.29, 0.717) is 11.6 Å². The van der Waals surface area contributed by atoms with Gasteiger partial charge in [0.15, 0.2) is 6.10 Å². The van der Waals surface area contributed by atoms with Crippen LogP contribution in [0.1, 0.15) is 36.5 Å². The zero-order chi connectivity index (χ0) is 16.9. The molecule has 0 heterocycles. The molecule has 0 saturated carbocycles. The average molecular weight is 344 g/mol. The summed E-state index contributed by atoms with van der Waals surface area (Å²) in [5.41, 5.74) is 3.65. The molecule has 3 nitrogen and oxygen atoms in total. The molecule has 4 heteroatoms. The van der Waals surface area contributed by atoms with Crippen molar-refractivity contribution in [1.29, 1.82) is 0 Å². The van der Waals surface area contributed by atoms with Crippen molar-refractivity contribution in [3.63, 3.8) is 0 Å². The van der Waals surface area contributed by atoms with Gasteiger partial charge >= 0.3 is 0 Å². The zero-order valence-corrected chi connectivity index (χ0v) is 14.6. The molecule has 1 aliphatic rings. The van der Waals surface area contributed by atoms with Crippen LogP contribution in [0.2, 0.25) is 5.02 Å². The minimum Gasteiger partial charge on any atom is -0.481 e. The van der Waals surface area contributed by atoms with Gasteiger partial charge in [-0.1, -0.05) is 35.9 Å². The van der Waals surface area contributed by atoms with Crippen molar-refractivity contribution in [1.82, 2.24) is 5.32 Å². The van der Waals surface area contributed by atoms with Crippen LogP contribution in [-0.2, 0) is 24.2 Å². The molecule has 0 spiro atoms. The summed E-state index contributed by atoms with van der Waals surface area (Å²) < 4.78 is 5.82. The fourth-order valence-electron chi connectivity index (χ4n) is 3.01. The van der Waals surface area contributed by atoms with Crippen LogP contribution in [0.15, 0.2) is 42.5 Å². The predicted octanol–water partition coefficient (Wildman–Crippen LogP) is 4.30. The van der Waals surface area contributed by atoms with Crippen molar-refractivity contribution >= 4 is 17.5 Å². The lowest BCUT2D eigenvalue weighted by molar-refractivity contribution is -0.127. The predicted molar refractivity (Wildman–Crippen MR) is 96.5 cm³/mol. The number of carbonyl (C=O) groups excluding carboxylic acids is 1. The highest BCUT2D eigenvalue weighted by Crippen LogP contribution is 2.25. The quantitative estimate of drug-likeness (QED) is 0.878. The average Bonchev–Trinajstić information content (AvgIpc) is 2.60. The maximum atomic E-state index is 12.2. The SMILES string of the molecule is C[C@H](Oc1ccc2c(c1)CCCC2)C(=O)NCc1ccccc1Cl. The van der Waals surface area contributed by atoms with E-state index < -0.39 is 6.10 Å². The van der Waals surface area contributed by atoms with Crippen LogP contribution in [0.3, 0.4) is 0 Å². The Bertz CT molecular complexity index is 729. The Kier molecular flexibility index (Phi) is 5.41. The van der Waals surface area contributed by atoms with Gasteiger partial charge in [0.2, 0.25) is 0 Å². The van der Waals surface area contributed by atoms with E-state index in [-0.39, 0.29) is 5.91 Å². The lowest BCUT2D eigenvalue weighted by atomic mass is 9.92. The number of halogens is 1. The number of ether oxygens (including phenoxy) is 1. The number of rotatable bonds is 5. The first kappa shape index (κ1) is 16.8. The summed E-state index contributed by atoms with van der Waals surface area (Å²) in [7, 11) is 0.